The molecule has 0 aromatic carbocycles. The molecular formula is C7H13NO2. The fourth-order valence-corrected chi connectivity index (χ4v) is 0.758. The first-order chi connectivity index (χ1) is 4.83. The zero-order chi connectivity index (χ0) is 7.40. The van der Waals surface area contributed by atoms with Gasteiger partial charge in [-0.1, -0.05) is 0 Å². The lowest BCUT2D eigenvalue weighted by atomic mass is 10.4. The molecule has 1 aliphatic carbocycles. The summed E-state index contributed by atoms with van der Waals surface area (Å²) in [5.41, 5.74) is 0. The van der Waals surface area contributed by atoms with Crippen LogP contribution in [0.25, 0.3) is 0 Å². The van der Waals surface area contributed by atoms with E-state index in [-0.39, 0.29) is 12.4 Å². The average Bonchev–Trinajstić information content (AvgIpc) is 2.67. The van der Waals surface area contributed by atoms with Gasteiger partial charge in [-0.05, 0) is 12.8 Å². The van der Waals surface area contributed by atoms with Crippen molar-refractivity contribution >= 4 is 5.78 Å². The third-order valence-electron chi connectivity index (χ3n) is 1.47. The second kappa shape index (κ2) is 3.68. The number of methoxy groups -OCH3 is 1. The molecule has 1 fully saturated rings. The molecule has 10 heavy (non-hydrogen) atoms. The van der Waals surface area contributed by atoms with E-state index in [1.54, 1.807) is 0 Å². The van der Waals surface area contributed by atoms with Gasteiger partial charge in [-0.25, -0.2) is 0 Å². The fraction of sp³-hybridized carbons (Fsp3) is 0.857. The van der Waals surface area contributed by atoms with Crippen molar-refractivity contribution in [1.82, 2.24) is 5.32 Å². The number of carbonyl (C=O) groups is 1. The van der Waals surface area contributed by atoms with E-state index in [2.05, 4.69) is 10.1 Å². The summed E-state index contributed by atoms with van der Waals surface area (Å²) in [5, 5.41) is 3.11. The van der Waals surface area contributed by atoms with Gasteiger partial charge in [-0.15, -0.1) is 0 Å². The molecule has 0 saturated heterocycles. The maximum absolute atomic E-state index is 10.8. The maximum atomic E-state index is 10.8. The fourth-order valence-electron chi connectivity index (χ4n) is 0.758. The van der Waals surface area contributed by atoms with Crippen molar-refractivity contribution in [1.29, 1.82) is 0 Å². The first-order valence-corrected chi connectivity index (χ1v) is 3.57. The third kappa shape index (κ3) is 2.94. The molecule has 0 heterocycles. The number of ketones is 1. The number of Topliss-reactive ketones (excluding diaryl/α,β-unsaturated/α-hetero) is 1. The third-order valence-corrected chi connectivity index (χ3v) is 1.47. The van der Waals surface area contributed by atoms with Crippen molar-refractivity contribution < 1.29 is 9.53 Å². The van der Waals surface area contributed by atoms with Crippen LogP contribution in [0.15, 0.2) is 0 Å². The van der Waals surface area contributed by atoms with Gasteiger partial charge < -0.3 is 10.1 Å². The summed E-state index contributed by atoms with van der Waals surface area (Å²) < 4.78 is 4.67. The Morgan fingerprint density at radius 1 is 1.70 bits per heavy atom. The Morgan fingerprint density at radius 2 is 2.40 bits per heavy atom. The molecular weight excluding hydrogens is 130 g/mol. The average molecular weight is 143 g/mol. The maximum Gasteiger partial charge on any atom is 0.172 e. The van der Waals surface area contributed by atoms with Gasteiger partial charge in [0.15, 0.2) is 5.78 Å². The van der Waals surface area contributed by atoms with Gasteiger partial charge in [0.2, 0.25) is 0 Å². The van der Waals surface area contributed by atoms with Crippen molar-refractivity contribution in [3.63, 3.8) is 0 Å². The SMILES string of the molecule is COCC(=O)CNC1CC1. The van der Waals surface area contributed by atoms with Gasteiger partial charge in [0, 0.05) is 13.2 Å². The Hall–Kier alpha value is -0.410. The zero-order valence-corrected chi connectivity index (χ0v) is 6.22. The lowest BCUT2D eigenvalue weighted by Crippen LogP contribution is -2.27. The lowest BCUT2D eigenvalue weighted by molar-refractivity contribution is -0.121. The Morgan fingerprint density at radius 3 is 2.90 bits per heavy atom. The van der Waals surface area contributed by atoms with E-state index in [9.17, 15) is 4.79 Å². The molecule has 0 aromatic heterocycles. The Labute approximate surface area is 60.7 Å². The van der Waals surface area contributed by atoms with Gasteiger partial charge in [-0.3, -0.25) is 4.79 Å². The van der Waals surface area contributed by atoms with E-state index in [4.69, 9.17) is 0 Å². The van der Waals surface area contributed by atoms with Crippen LogP contribution in [0.1, 0.15) is 12.8 Å². The second-order valence-corrected chi connectivity index (χ2v) is 2.63. The van der Waals surface area contributed by atoms with Crippen LogP contribution in [0.4, 0.5) is 0 Å². The van der Waals surface area contributed by atoms with Gasteiger partial charge >= 0.3 is 0 Å². The van der Waals surface area contributed by atoms with Gasteiger partial charge in [0.1, 0.15) is 6.61 Å². The predicted octanol–water partition coefficient (Wildman–Crippen LogP) is -0.0461. The van der Waals surface area contributed by atoms with E-state index in [1.165, 1.54) is 20.0 Å². The van der Waals surface area contributed by atoms with E-state index < -0.39 is 0 Å². The van der Waals surface area contributed by atoms with Crippen molar-refractivity contribution in [3.05, 3.63) is 0 Å². The standard InChI is InChI=1S/C7H13NO2/c1-10-5-7(9)4-8-6-2-3-6/h6,8H,2-5H2,1H3. The molecule has 3 heteroatoms. The topological polar surface area (TPSA) is 38.3 Å². The first-order valence-electron chi connectivity index (χ1n) is 3.57. The monoisotopic (exact) mass is 143 g/mol. The normalized spacial score (nSPS) is 17.3. The molecule has 3 nitrogen and oxygen atoms in total. The summed E-state index contributed by atoms with van der Waals surface area (Å²) in [6.45, 7) is 0.707. The summed E-state index contributed by atoms with van der Waals surface area (Å²) in [6, 6.07) is 0.612. The molecule has 1 rings (SSSR count). The van der Waals surface area contributed by atoms with Crippen LogP contribution < -0.4 is 5.32 Å². The number of hydrogen-bond acceptors (Lipinski definition) is 3. The summed E-state index contributed by atoms with van der Waals surface area (Å²) >= 11 is 0. The highest BCUT2D eigenvalue weighted by Gasteiger charge is 2.20. The molecule has 1 N–H and O–H groups in total. The van der Waals surface area contributed by atoms with Gasteiger partial charge in [0.05, 0.1) is 6.54 Å². The second-order valence-electron chi connectivity index (χ2n) is 2.63. The molecule has 1 saturated carbocycles. The van der Waals surface area contributed by atoms with Crippen molar-refractivity contribution in [3.8, 4) is 0 Å². The molecule has 0 amide bonds. The minimum absolute atomic E-state index is 0.134. The van der Waals surface area contributed by atoms with Crippen LogP contribution in [-0.2, 0) is 9.53 Å². The molecule has 1 aliphatic rings. The number of carbonyl (C=O) groups excluding carboxylic acids is 1. The Kier molecular flexibility index (Phi) is 2.83. The zero-order valence-electron chi connectivity index (χ0n) is 6.22. The van der Waals surface area contributed by atoms with Gasteiger partial charge in [0.25, 0.3) is 0 Å². The predicted molar refractivity (Wildman–Crippen MR) is 37.9 cm³/mol. The Bertz CT molecular complexity index is 121. The van der Waals surface area contributed by atoms with Crippen LogP contribution in [-0.4, -0.2) is 32.1 Å². The van der Waals surface area contributed by atoms with Crippen LogP contribution >= 0.6 is 0 Å². The quantitative estimate of drug-likeness (QED) is 0.586. The highest BCUT2D eigenvalue weighted by molar-refractivity contribution is 5.81. The van der Waals surface area contributed by atoms with Crippen molar-refractivity contribution in [2.75, 3.05) is 20.3 Å². The first kappa shape index (κ1) is 7.69. The minimum Gasteiger partial charge on any atom is -0.377 e. The molecule has 58 valence electrons. The van der Waals surface area contributed by atoms with Crippen molar-refractivity contribution in [2.45, 2.75) is 18.9 Å². The summed E-state index contributed by atoms with van der Waals surface area (Å²) in [5.74, 6) is 0.134. The minimum atomic E-state index is 0.134. The number of rotatable bonds is 5. The van der Waals surface area contributed by atoms with Gasteiger partial charge in [-0.2, -0.15) is 0 Å². The smallest absolute Gasteiger partial charge is 0.172 e. The summed E-state index contributed by atoms with van der Waals surface area (Å²) in [4.78, 5) is 10.8. The lowest BCUT2D eigenvalue weighted by Gasteiger charge is -1.99. The van der Waals surface area contributed by atoms with Crippen LogP contribution in [0, 0.1) is 0 Å². The number of ether oxygens (including phenoxy) is 1. The van der Waals surface area contributed by atoms with Crippen LogP contribution in [0.3, 0.4) is 0 Å². The van der Waals surface area contributed by atoms with E-state index in [1.807, 2.05) is 0 Å². The highest BCUT2D eigenvalue weighted by Crippen LogP contribution is 2.17. The van der Waals surface area contributed by atoms with Crippen molar-refractivity contribution in [2.24, 2.45) is 0 Å². The van der Waals surface area contributed by atoms with Crippen LogP contribution in [0.2, 0.25) is 0 Å². The van der Waals surface area contributed by atoms with E-state index in [0.29, 0.717) is 12.6 Å². The highest BCUT2D eigenvalue weighted by atomic mass is 16.5. The Balaban J connectivity index is 1.94. The molecule has 0 aromatic rings. The number of nitrogens with one attached hydrogen (secondary N) is 1. The summed E-state index contributed by atoms with van der Waals surface area (Å²) in [6.07, 6.45) is 2.44. The molecule has 0 aliphatic heterocycles. The molecule has 0 unspecified atom stereocenters. The largest absolute Gasteiger partial charge is 0.377 e. The number of hydrogen-bond donors (Lipinski definition) is 1. The van der Waals surface area contributed by atoms with E-state index >= 15 is 0 Å². The summed E-state index contributed by atoms with van der Waals surface area (Å²) in [7, 11) is 1.54. The molecule has 0 atom stereocenters. The molecule has 0 bridgehead atoms. The van der Waals surface area contributed by atoms with E-state index in [0.717, 1.165) is 0 Å². The molecule has 0 spiro atoms. The molecule has 0 radical (unpaired) electrons. The van der Waals surface area contributed by atoms with Crippen LogP contribution in [0.5, 0.6) is 0 Å².